The Morgan fingerprint density at radius 1 is 1.10 bits per heavy atom. The molecule has 2 atom stereocenters. The summed E-state index contributed by atoms with van der Waals surface area (Å²) in [4.78, 5) is 2.55. The molecule has 0 aromatic carbocycles. The summed E-state index contributed by atoms with van der Waals surface area (Å²) >= 11 is 0. The first-order chi connectivity index (χ1) is 10.2. The quantitative estimate of drug-likeness (QED) is 0.844. The average molecular weight is 295 g/mol. The van der Waals surface area contributed by atoms with Crippen LogP contribution in [0.25, 0.3) is 0 Å². The van der Waals surface area contributed by atoms with Gasteiger partial charge >= 0.3 is 0 Å². The van der Waals surface area contributed by atoms with Crippen molar-refractivity contribution in [3.05, 3.63) is 0 Å². The molecule has 0 aromatic rings. The van der Waals surface area contributed by atoms with Crippen LogP contribution >= 0.6 is 0 Å². The molecule has 3 heteroatoms. The maximum Gasteiger partial charge on any atom is 0.0753 e. The molecule has 2 saturated carbocycles. The molecule has 2 unspecified atom stereocenters. The third-order valence-electron chi connectivity index (χ3n) is 6.66. The van der Waals surface area contributed by atoms with Crippen molar-refractivity contribution in [2.24, 2.45) is 5.92 Å². The SMILES string of the molecule is CCN(CC)C1(C(O)C2CCOC3(CCC3)C2)CCCC1. The van der Waals surface area contributed by atoms with Crippen LogP contribution in [-0.2, 0) is 4.74 Å². The molecule has 1 N–H and O–H groups in total. The molecule has 0 amide bonds. The highest BCUT2D eigenvalue weighted by molar-refractivity contribution is 5.05. The summed E-state index contributed by atoms with van der Waals surface area (Å²) in [5.74, 6) is 0.442. The lowest BCUT2D eigenvalue weighted by Gasteiger charge is -2.52. The van der Waals surface area contributed by atoms with Gasteiger partial charge in [-0.15, -0.1) is 0 Å². The van der Waals surface area contributed by atoms with E-state index in [0.717, 1.165) is 32.5 Å². The summed E-state index contributed by atoms with van der Waals surface area (Å²) in [5, 5.41) is 11.3. The zero-order valence-corrected chi connectivity index (χ0v) is 13.9. The van der Waals surface area contributed by atoms with Gasteiger partial charge in [-0.1, -0.05) is 26.7 Å². The maximum absolute atomic E-state index is 11.3. The Balaban J connectivity index is 1.75. The van der Waals surface area contributed by atoms with Crippen molar-refractivity contribution in [3.8, 4) is 0 Å². The van der Waals surface area contributed by atoms with Gasteiger partial charge in [0.1, 0.15) is 0 Å². The molecule has 3 aliphatic rings. The van der Waals surface area contributed by atoms with Crippen LogP contribution in [0.4, 0.5) is 0 Å². The molecule has 3 fully saturated rings. The van der Waals surface area contributed by atoms with Crippen molar-refractivity contribution in [2.45, 2.75) is 88.9 Å². The number of hydrogen-bond acceptors (Lipinski definition) is 3. The molecular formula is C18H33NO2. The number of aliphatic hydroxyl groups is 1. The molecule has 3 rings (SSSR count). The van der Waals surface area contributed by atoms with Gasteiger partial charge in [-0.3, -0.25) is 4.90 Å². The number of aliphatic hydroxyl groups excluding tert-OH is 1. The molecule has 2 aliphatic carbocycles. The molecular weight excluding hydrogens is 262 g/mol. The van der Waals surface area contributed by atoms with E-state index >= 15 is 0 Å². The average Bonchev–Trinajstić information content (AvgIpc) is 2.97. The summed E-state index contributed by atoms with van der Waals surface area (Å²) in [6, 6.07) is 0. The normalized spacial score (nSPS) is 32.3. The Morgan fingerprint density at radius 2 is 1.76 bits per heavy atom. The third kappa shape index (κ3) is 2.66. The molecule has 21 heavy (non-hydrogen) atoms. The van der Waals surface area contributed by atoms with Crippen LogP contribution < -0.4 is 0 Å². The fraction of sp³-hybridized carbons (Fsp3) is 1.00. The van der Waals surface area contributed by atoms with E-state index in [2.05, 4.69) is 18.7 Å². The number of ether oxygens (including phenoxy) is 1. The van der Waals surface area contributed by atoms with E-state index in [1.54, 1.807) is 0 Å². The van der Waals surface area contributed by atoms with Gasteiger partial charge in [0.15, 0.2) is 0 Å². The van der Waals surface area contributed by atoms with Crippen molar-refractivity contribution >= 4 is 0 Å². The molecule has 3 nitrogen and oxygen atoms in total. The lowest BCUT2D eigenvalue weighted by molar-refractivity contribution is -0.171. The predicted octanol–water partition coefficient (Wildman–Crippen LogP) is 3.35. The van der Waals surface area contributed by atoms with Crippen molar-refractivity contribution in [3.63, 3.8) is 0 Å². The fourth-order valence-corrected chi connectivity index (χ4v) is 5.33. The first-order valence-corrected chi connectivity index (χ1v) is 9.23. The minimum Gasteiger partial charge on any atom is -0.391 e. The molecule has 1 aliphatic heterocycles. The number of rotatable bonds is 5. The van der Waals surface area contributed by atoms with Crippen LogP contribution in [0.15, 0.2) is 0 Å². The predicted molar refractivity (Wildman–Crippen MR) is 85.4 cm³/mol. The highest BCUT2D eigenvalue weighted by Crippen LogP contribution is 2.49. The van der Waals surface area contributed by atoms with E-state index in [-0.39, 0.29) is 17.2 Å². The Hall–Kier alpha value is -0.120. The second-order valence-corrected chi connectivity index (χ2v) is 7.57. The molecule has 0 radical (unpaired) electrons. The molecule has 1 saturated heterocycles. The zero-order chi connectivity index (χ0) is 14.9. The van der Waals surface area contributed by atoms with Crippen LogP contribution in [0.5, 0.6) is 0 Å². The van der Waals surface area contributed by atoms with Gasteiger partial charge in [-0.05, 0) is 64.0 Å². The number of likely N-dealkylation sites (N-methyl/N-ethyl adjacent to an activating group) is 1. The summed E-state index contributed by atoms with van der Waals surface area (Å²) in [6.07, 6.45) is 10.6. The van der Waals surface area contributed by atoms with Gasteiger partial charge in [0, 0.05) is 12.1 Å². The lowest BCUT2D eigenvalue weighted by Crippen LogP contribution is -2.59. The lowest BCUT2D eigenvalue weighted by atomic mass is 9.68. The molecule has 0 aromatic heterocycles. The standard InChI is InChI=1S/C18H33NO2/c1-3-19(4-2)18(11-5-6-12-18)16(20)15-8-13-21-17(14-15)9-7-10-17/h15-16,20H,3-14H2,1-2H3. The fourth-order valence-electron chi connectivity index (χ4n) is 5.33. The van der Waals surface area contributed by atoms with E-state index in [1.807, 2.05) is 0 Å². The van der Waals surface area contributed by atoms with Crippen molar-refractivity contribution in [1.29, 1.82) is 0 Å². The minimum absolute atomic E-state index is 0.0520. The molecule has 122 valence electrons. The van der Waals surface area contributed by atoms with Crippen LogP contribution in [0.3, 0.4) is 0 Å². The summed E-state index contributed by atoms with van der Waals surface area (Å²) in [7, 11) is 0. The van der Waals surface area contributed by atoms with E-state index < -0.39 is 0 Å². The van der Waals surface area contributed by atoms with Gasteiger partial charge in [0.05, 0.1) is 11.7 Å². The van der Waals surface area contributed by atoms with E-state index in [9.17, 15) is 5.11 Å². The Kier molecular flexibility index (Phi) is 4.63. The Bertz CT molecular complexity index is 343. The van der Waals surface area contributed by atoms with E-state index in [4.69, 9.17) is 4.74 Å². The first kappa shape index (κ1) is 15.8. The second kappa shape index (κ2) is 6.17. The minimum atomic E-state index is -0.165. The second-order valence-electron chi connectivity index (χ2n) is 7.57. The molecule has 1 heterocycles. The van der Waals surface area contributed by atoms with Gasteiger partial charge < -0.3 is 9.84 Å². The van der Waals surface area contributed by atoms with Crippen LogP contribution in [-0.4, -0.2) is 46.9 Å². The zero-order valence-electron chi connectivity index (χ0n) is 13.9. The smallest absolute Gasteiger partial charge is 0.0753 e. The van der Waals surface area contributed by atoms with Crippen LogP contribution in [0, 0.1) is 5.92 Å². The van der Waals surface area contributed by atoms with Crippen LogP contribution in [0.1, 0.15) is 71.6 Å². The topological polar surface area (TPSA) is 32.7 Å². The maximum atomic E-state index is 11.3. The summed E-state index contributed by atoms with van der Waals surface area (Å²) < 4.78 is 6.07. The van der Waals surface area contributed by atoms with Gasteiger partial charge in [-0.25, -0.2) is 0 Å². The highest BCUT2D eigenvalue weighted by Gasteiger charge is 2.51. The highest BCUT2D eigenvalue weighted by atomic mass is 16.5. The van der Waals surface area contributed by atoms with E-state index in [0.29, 0.717) is 5.92 Å². The van der Waals surface area contributed by atoms with Gasteiger partial charge in [0.25, 0.3) is 0 Å². The summed E-state index contributed by atoms with van der Waals surface area (Å²) in [6.45, 7) is 7.46. The number of hydrogen-bond donors (Lipinski definition) is 1. The Labute approximate surface area is 130 Å². The number of nitrogens with zero attached hydrogens (tertiary/aromatic N) is 1. The molecule has 0 bridgehead atoms. The first-order valence-electron chi connectivity index (χ1n) is 9.23. The van der Waals surface area contributed by atoms with Crippen molar-refractivity contribution in [1.82, 2.24) is 4.90 Å². The monoisotopic (exact) mass is 295 g/mol. The summed E-state index contributed by atoms with van der Waals surface area (Å²) in [5.41, 5.74) is 0.198. The van der Waals surface area contributed by atoms with Crippen molar-refractivity contribution in [2.75, 3.05) is 19.7 Å². The van der Waals surface area contributed by atoms with Gasteiger partial charge in [-0.2, -0.15) is 0 Å². The third-order valence-corrected chi connectivity index (χ3v) is 6.66. The largest absolute Gasteiger partial charge is 0.391 e. The van der Waals surface area contributed by atoms with Gasteiger partial charge in [0.2, 0.25) is 0 Å². The van der Waals surface area contributed by atoms with Crippen LogP contribution in [0.2, 0.25) is 0 Å². The van der Waals surface area contributed by atoms with Crippen molar-refractivity contribution < 1.29 is 9.84 Å². The Morgan fingerprint density at radius 3 is 2.29 bits per heavy atom. The molecule has 1 spiro atoms. The van der Waals surface area contributed by atoms with E-state index in [1.165, 1.54) is 44.9 Å².